The number of fused-ring (bicyclic) bond motifs is 4. The van der Waals surface area contributed by atoms with E-state index in [0.717, 1.165) is 51.3 Å². The van der Waals surface area contributed by atoms with Gasteiger partial charge in [0, 0.05) is 50.5 Å². The van der Waals surface area contributed by atoms with Crippen LogP contribution in [0.1, 0.15) is 36.4 Å². The molecule has 31 heavy (non-hydrogen) atoms. The van der Waals surface area contributed by atoms with Gasteiger partial charge >= 0.3 is 0 Å². The second-order valence-electron chi connectivity index (χ2n) is 9.03. The summed E-state index contributed by atoms with van der Waals surface area (Å²) in [5.41, 5.74) is 1.63. The Morgan fingerprint density at radius 2 is 1.77 bits per heavy atom. The van der Waals surface area contributed by atoms with Gasteiger partial charge in [0.25, 0.3) is 5.56 Å². The lowest BCUT2D eigenvalue weighted by molar-refractivity contribution is 0.00589. The molecule has 0 aliphatic carbocycles. The van der Waals surface area contributed by atoms with Crippen LogP contribution in [-0.2, 0) is 27.1 Å². The SMILES string of the molecule is O=c1c(NS(=O)(=O)Cc2ccccc2)ccc2n1C[C@@H]1C[C@@H]2CN(C2CCOCC2)C1. The van der Waals surface area contributed by atoms with E-state index in [4.69, 9.17) is 4.74 Å². The molecule has 2 atom stereocenters. The summed E-state index contributed by atoms with van der Waals surface area (Å²) >= 11 is 0. The Balaban J connectivity index is 1.35. The summed E-state index contributed by atoms with van der Waals surface area (Å²) in [5.74, 6) is 0.585. The number of sulfonamides is 1. The van der Waals surface area contributed by atoms with Crippen molar-refractivity contribution in [2.75, 3.05) is 31.0 Å². The summed E-state index contributed by atoms with van der Waals surface area (Å²) in [6, 6.07) is 13.2. The standard InChI is InChI=1S/C23H29N3O4S/c27-23-21(24-31(28,29)16-17-4-2-1-3-5-17)6-7-22-19-12-18(14-26(22)23)13-25(15-19)20-8-10-30-11-9-20/h1-7,18-20,24H,8-16H2/t18-,19-/m1/s1. The summed E-state index contributed by atoms with van der Waals surface area (Å²) in [6.45, 7) is 4.27. The molecule has 2 fully saturated rings. The summed E-state index contributed by atoms with van der Waals surface area (Å²) in [4.78, 5) is 15.8. The van der Waals surface area contributed by atoms with Crippen LogP contribution in [0.3, 0.4) is 0 Å². The first kappa shape index (κ1) is 20.7. The number of benzene rings is 1. The highest BCUT2D eigenvalue weighted by Crippen LogP contribution is 2.37. The lowest BCUT2D eigenvalue weighted by atomic mass is 9.82. The number of hydrogen-bond donors (Lipinski definition) is 1. The zero-order valence-corrected chi connectivity index (χ0v) is 18.4. The van der Waals surface area contributed by atoms with Gasteiger partial charge in [-0.25, -0.2) is 8.42 Å². The largest absolute Gasteiger partial charge is 0.381 e. The molecular formula is C23H29N3O4S. The van der Waals surface area contributed by atoms with Crippen LogP contribution >= 0.6 is 0 Å². The van der Waals surface area contributed by atoms with Crippen LogP contribution in [-0.4, -0.2) is 50.2 Å². The predicted octanol–water partition coefficient (Wildman–Crippen LogP) is 2.39. The number of rotatable bonds is 5. The first-order chi connectivity index (χ1) is 15.0. The predicted molar refractivity (Wildman–Crippen MR) is 120 cm³/mol. The van der Waals surface area contributed by atoms with E-state index in [2.05, 4.69) is 9.62 Å². The highest BCUT2D eigenvalue weighted by molar-refractivity contribution is 7.91. The maximum atomic E-state index is 13.2. The number of anilines is 1. The molecule has 8 heteroatoms. The maximum Gasteiger partial charge on any atom is 0.275 e. The second kappa shape index (κ2) is 8.41. The maximum absolute atomic E-state index is 13.2. The van der Waals surface area contributed by atoms with Crippen LogP contribution in [0.25, 0.3) is 0 Å². The molecule has 3 aliphatic heterocycles. The third-order valence-corrected chi connectivity index (χ3v) is 8.05. The van der Waals surface area contributed by atoms with Gasteiger partial charge in [0.1, 0.15) is 5.69 Å². The Hall–Kier alpha value is -2.16. The molecule has 0 saturated carbocycles. The van der Waals surface area contributed by atoms with E-state index < -0.39 is 10.0 Å². The van der Waals surface area contributed by atoms with Crippen LogP contribution in [0.5, 0.6) is 0 Å². The summed E-state index contributed by atoms with van der Waals surface area (Å²) in [5, 5.41) is 0. The van der Waals surface area contributed by atoms with E-state index in [-0.39, 0.29) is 17.0 Å². The fraction of sp³-hybridized carbons (Fsp3) is 0.522. The number of likely N-dealkylation sites (tertiary alicyclic amines) is 1. The van der Waals surface area contributed by atoms with Crippen molar-refractivity contribution in [1.82, 2.24) is 9.47 Å². The Bertz CT molecular complexity index is 1090. The molecule has 0 radical (unpaired) electrons. The zero-order chi connectivity index (χ0) is 21.4. The normalized spacial score (nSPS) is 24.5. The van der Waals surface area contributed by atoms with Gasteiger partial charge in [-0.05, 0) is 42.9 Å². The van der Waals surface area contributed by atoms with Crippen molar-refractivity contribution in [2.45, 2.75) is 43.5 Å². The number of aromatic nitrogens is 1. The van der Waals surface area contributed by atoms with Crippen molar-refractivity contribution in [1.29, 1.82) is 0 Å². The van der Waals surface area contributed by atoms with Crippen molar-refractivity contribution in [3.8, 4) is 0 Å². The first-order valence-corrected chi connectivity index (χ1v) is 12.7. The molecule has 1 N–H and O–H groups in total. The molecule has 1 aromatic heterocycles. The van der Waals surface area contributed by atoms with Gasteiger partial charge in [-0.15, -0.1) is 0 Å². The van der Waals surface area contributed by atoms with E-state index in [9.17, 15) is 13.2 Å². The van der Waals surface area contributed by atoms with Crippen molar-refractivity contribution in [3.63, 3.8) is 0 Å². The average Bonchev–Trinajstić information content (AvgIpc) is 2.77. The van der Waals surface area contributed by atoms with Gasteiger partial charge in [-0.3, -0.25) is 14.4 Å². The molecular weight excluding hydrogens is 414 g/mol. The summed E-state index contributed by atoms with van der Waals surface area (Å²) in [6.07, 6.45) is 3.25. The van der Waals surface area contributed by atoms with Gasteiger partial charge in [-0.1, -0.05) is 30.3 Å². The minimum Gasteiger partial charge on any atom is -0.381 e. The average molecular weight is 444 g/mol. The molecule has 166 valence electrons. The smallest absolute Gasteiger partial charge is 0.275 e. The zero-order valence-electron chi connectivity index (χ0n) is 17.6. The second-order valence-corrected chi connectivity index (χ2v) is 10.8. The van der Waals surface area contributed by atoms with Gasteiger partial charge in [0.15, 0.2) is 0 Å². The number of ether oxygens (including phenoxy) is 1. The Morgan fingerprint density at radius 3 is 2.55 bits per heavy atom. The molecule has 3 aliphatic rings. The van der Waals surface area contributed by atoms with Crippen LogP contribution in [0.15, 0.2) is 47.3 Å². The van der Waals surface area contributed by atoms with Crippen LogP contribution in [0, 0.1) is 5.92 Å². The van der Waals surface area contributed by atoms with Crippen LogP contribution < -0.4 is 10.3 Å². The monoisotopic (exact) mass is 443 g/mol. The van der Waals surface area contributed by atoms with Gasteiger partial charge in [0.2, 0.25) is 10.0 Å². The number of piperidine rings is 1. The molecule has 4 heterocycles. The number of hydrogen-bond acceptors (Lipinski definition) is 5. The van der Waals surface area contributed by atoms with Crippen molar-refractivity contribution < 1.29 is 13.2 Å². The quantitative estimate of drug-likeness (QED) is 0.768. The lowest BCUT2D eigenvalue weighted by Gasteiger charge is -2.46. The highest BCUT2D eigenvalue weighted by atomic mass is 32.2. The third-order valence-electron chi connectivity index (χ3n) is 6.80. The molecule has 5 rings (SSSR count). The number of nitrogens with one attached hydrogen (secondary N) is 1. The van der Waals surface area contributed by atoms with Crippen LogP contribution in [0.2, 0.25) is 0 Å². The van der Waals surface area contributed by atoms with Gasteiger partial charge < -0.3 is 9.30 Å². The minimum atomic E-state index is -3.66. The topological polar surface area (TPSA) is 80.6 Å². The Labute approximate surface area is 183 Å². The molecule has 0 spiro atoms. The fourth-order valence-electron chi connectivity index (χ4n) is 5.41. The molecule has 2 saturated heterocycles. The van der Waals surface area contributed by atoms with Gasteiger partial charge in [-0.2, -0.15) is 0 Å². The van der Waals surface area contributed by atoms with Crippen molar-refractivity contribution in [3.05, 3.63) is 64.1 Å². The van der Waals surface area contributed by atoms with E-state index >= 15 is 0 Å². The molecule has 2 aromatic rings. The lowest BCUT2D eigenvalue weighted by Crippen LogP contribution is -2.51. The summed E-state index contributed by atoms with van der Waals surface area (Å²) in [7, 11) is -3.66. The minimum absolute atomic E-state index is 0.140. The Morgan fingerprint density at radius 1 is 1.00 bits per heavy atom. The molecule has 2 bridgehead atoms. The highest BCUT2D eigenvalue weighted by Gasteiger charge is 2.37. The number of pyridine rings is 1. The van der Waals surface area contributed by atoms with Crippen molar-refractivity contribution in [2.24, 2.45) is 5.92 Å². The van der Waals surface area contributed by atoms with E-state index in [1.807, 2.05) is 12.1 Å². The van der Waals surface area contributed by atoms with Crippen LogP contribution in [0.4, 0.5) is 5.69 Å². The summed E-state index contributed by atoms with van der Waals surface area (Å²) < 4.78 is 35.1. The molecule has 1 aromatic carbocycles. The van der Waals surface area contributed by atoms with E-state index in [1.165, 1.54) is 0 Å². The third kappa shape index (κ3) is 4.42. The van der Waals surface area contributed by atoms with Gasteiger partial charge in [0.05, 0.1) is 5.75 Å². The van der Waals surface area contributed by atoms with E-state index in [1.54, 1.807) is 34.9 Å². The Kier molecular flexibility index (Phi) is 5.62. The fourth-order valence-corrected chi connectivity index (χ4v) is 6.60. The molecule has 7 nitrogen and oxygen atoms in total. The first-order valence-electron chi connectivity index (χ1n) is 11.1. The van der Waals surface area contributed by atoms with E-state index in [0.29, 0.717) is 30.0 Å². The van der Waals surface area contributed by atoms with Crippen molar-refractivity contribution >= 4 is 15.7 Å². The molecule has 0 amide bonds. The molecule has 0 unspecified atom stereocenters. The number of nitrogens with zero attached hydrogens (tertiary/aromatic N) is 2.